The highest BCUT2D eigenvalue weighted by atomic mass is 35.5. The number of anilines is 1. The number of thioether (sulfide) groups is 1. The zero-order valence-corrected chi connectivity index (χ0v) is 16.7. The minimum Gasteiger partial charge on any atom is -1.00 e. The zero-order valence-electron chi connectivity index (χ0n) is 15.3. The average molecular weight is 415 g/mol. The predicted molar refractivity (Wildman–Crippen MR) is 103 cm³/mol. The van der Waals surface area contributed by atoms with Crippen LogP contribution in [0.1, 0.15) is 24.6 Å². The van der Waals surface area contributed by atoms with Gasteiger partial charge in [0.25, 0.3) is 5.91 Å². The van der Waals surface area contributed by atoms with Gasteiger partial charge in [0.05, 0.1) is 10.6 Å². The standard InChI is InChI=1S/C19H20ClFN2OS.ClH/c1-23-9-7-15(8-10-23)25-16-4-2-3-14(12-16)22-19(24)17-6-5-13(21)11-18(17)20;/h2-6,11-12,15H,7-10H2,1H3,(H,22,24);1H. The number of hydrogen-bond acceptors (Lipinski definition) is 3. The van der Waals surface area contributed by atoms with Gasteiger partial charge in [-0.1, -0.05) is 17.7 Å². The first-order valence-corrected chi connectivity index (χ1v) is 9.49. The predicted octanol–water partition coefficient (Wildman–Crippen LogP) is 2.03. The smallest absolute Gasteiger partial charge is 1.00 e. The Labute approximate surface area is 170 Å². The molecule has 1 saturated heterocycles. The molecule has 3 rings (SSSR count). The van der Waals surface area contributed by atoms with Crippen LogP contribution in [-0.4, -0.2) is 36.2 Å². The number of carbonyl (C=O) groups is 1. The van der Waals surface area contributed by atoms with Crippen LogP contribution in [0.4, 0.5) is 10.1 Å². The normalized spacial score (nSPS) is 15.3. The third-order valence-corrected chi connectivity index (χ3v) is 5.88. The van der Waals surface area contributed by atoms with Gasteiger partial charge in [-0.3, -0.25) is 4.79 Å². The largest absolute Gasteiger partial charge is 1.00 e. The number of carbonyl (C=O) groups excluding carboxylic acids is 1. The van der Waals surface area contributed by atoms with Gasteiger partial charge in [0.2, 0.25) is 0 Å². The van der Waals surface area contributed by atoms with Crippen LogP contribution < -0.4 is 17.7 Å². The van der Waals surface area contributed by atoms with Crippen molar-refractivity contribution in [3.8, 4) is 0 Å². The second-order valence-electron chi connectivity index (χ2n) is 6.23. The fourth-order valence-electron chi connectivity index (χ4n) is 2.81. The Morgan fingerprint density at radius 3 is 2.69 bits per heavy atom. The van der Waals surface area contributed by atoms with Crippen molar-refractivity contribution in [2.45, 2.75) is 23.0 Å². The summed E-state index contributed by atoms with van der Waals surface area (Å²) in [4.78, 5) is 15.8. The molecule has 140 valence electrons. The lowest BCUT2D eigenvalue weighted by Gasteiger charge is -2.28. The molecule has 7 heteroatoms. The molecule has 1 fully saturated rings. The zero-order chi connectivity index (χ0) is 17.8. The number of amides is 1. The molecule has 0 aliphatic carbocycles. The van der Waals surface area contributed by atoms with E-state index in [1.807, 2.05) is 30.0 Å². The summed E-state index contributed by atoms with van der Waals surface area (Å²) in [5.41, 5.74) is 0.972. The number of piperidine rings is 1. The molecule has 3 nitrogen and oxygen atoms in total. The number of benzene rings is 2. The summed E-state index contributed by atoms with van der Waals surface area (Å²) < 4.78 is 13.1. The topological polar surface area (TPSA) is 32.3 Å². The number of halogens is 3. The maximum atomic E-state index is 13.1. The molecule has 1 aliphatic heterocycles. The third kappa shape index (κ3) is 5.61. The first-order valence-electron chi connectivity index (χ1n) is 8.23. The summed E-state index contributed by atoms with van der Waals surface area (Å²) >= 11 is 7.81. The molecule has 2 aromatic rings. The highest BCUT2D eigenvalue weighted by molar-refractivity contribution is 8.00. The molecule has 0 atom stereocenters. The van der Waals surface area contributed by atoms with E-state index < -0.39 is 5.82 Å². The monoisotopic (exact) mass is 414 g/mol. The van der Waals surface area contributed by atoms with Crippen molar-refractivity contribution in [3.63, 3.8) is 0 Å². The molecule has 1 N–H and O–H groups in total. The second kappa shape index (κ2) is 9.60. The lowest BCUT2D eigenvalue weighted by molar-refractivity contribution is -0.0000132. The van der Waals surface area contributed by atoms with Gasteiger partial charge in [-0.15, -0.1) is 11.8 Å². The van der Waals surface area contributed by atoms with Crippen molar-refractivity contribution in [1.29, 1.82) is 0 Å². The summed E-state index contributed by atoms with van der Waals surface area (Å²) in [6, 6.07) is 11.6. The maximum absolute atomic E-state index is 13.1. The lowest BCUT2D eigenvalue weighted by atomic mass is 10.1. The van der Waals surface area contributed by atoms with Gasteiger partial charge >= 0.3 is 1.43 Å². The van der Waals surface area contributed by atoms with Gasteiger partial charge in [-0.25, -0.2) is 4.39 Å². The lowest BCUT2D eigenvalue weighted by Crippen LogP contribution is -3.00. The Kier molecular flexibility index (Phi) is 7.77. The van der Waals surface area contributed by atoms with E-state index in [-0.39, 0.29) is 30.3 Å². The van der Waals surface area contributed by atoms with Crippen LogP contribution >= 0.6 is 23.4 Å². The van der Waals surface area contributed by atoms with E-state index >= 15 is 0 Å². The molecule has 0 aromatic heterocycles. The SMILES string of the molecule is CN1CCC(Sc2cccc(NC(=O)c3ccc(F)cc3Cl)c2)CC1.[Cl-].[H+]. The van der Waals surface area contributed by atoms with E-state index in [1.54, 1.807) is 0 Å². The Bertz CT molecular complexity index is 773. The molecular weight excluding hydrogens is 394 g/mol. The van der Waals surface area contributed by atoms with Crippen molar-refractivity contribution in [1.82, 2.24) is 4.90 Å². The molecule has 0 saturated carbocycles. The van der Waals surface area contributed by atoms with Crippen LogP contribution in [0.25, 0.3) is 0 Å². The fraction of sp³-hybridized carbons (Fsp3) is 0.316. The van der Waals surface area contributed by atoms with Crippen LogP contribution in [0.15, 0.2) is 47.4 Å². The van der Waals surface area contributed by atoms with Crippen molar-refractivity contribution in [3.05, 3.63) is 58.9 Å². The van der Waals surface area contributed by atoms with E-state index in [9.17, 15) is 9.18 Å². The average Bonchev–Trinajstić information content (AvgIpc) is 2.57. The first-order chi connectivity index (χ1) is 12.0. The van der Waals surface area contributed by atoms with Crippen LogP contribution in [-0.2, 0) is 0 Å². The van der Waals surface area contributed by atoms with Gasteiger partial charge in [-0.05, 0) is 69.4 Å². The molecule has 1 aliphatic rings. The first kappa shape index (κ1) is 21.0. The van der Waals surface area contributed by atoms with Gasteiger partial charge in [0, 0.05) is 15.8 Å². The van der Waals surface area contributed by atoms with Crippen molar-refractivity contribution >= 4 is 35.0 Å². The molecule has 0 bridgehead atoms. The van der Waals surface area contributed by atoms with Crippen molar-refractivity contribution in [2.24, 2.45) is 0 Å². The van der Waals surface area contributed by atoms with Crippen molar-refractivity contribution in [2.75, 3.05) is 25.5 Å². The van der Waals surface area contributed by atoms with Gasteiger partial charge in [-0.2, -0.15) is 0 Å². The van der Waals surface area contributed by atoms with Crippen LogP contribution in [0.3, 0.4) is 0 Å². The Morgan fingerprint density at radius 1 is 1.27 bits per heavy atom. The van der Waals surface area contributed by atoms with Gasteiger partial charge in [0.15, 0.2) is 0 Å². The maximum Gasteiger partial charge on any atom is 1.00 e. The van der Waals surface area contributed by atoms with E-state index in [1.165, 1.54) is 25.0 Å². The highest BCUT2D eigenvalue weighted by Gasteiger charge is 2.18. The Hall–Kier alpha value is -1.27. The number of nitrogens with one attached hydrogen (secondary N) is 1. The van der Waals surface area contributed by atoms with E-state index in [0.29, 0.717) is 10.9 Å². The Morgan fingerprint density at radius 2 is 2.00 bits per heavy atom. The highest BCUT2D eigenvalue weighted by Crippen LogP contribution is 2.31. The molecule has 0 unspecified atom stereocenters. The molecule has 0 spiro atoms. The summed E-state index contributed by atoms with van der Waals surface area (Å²) in [7, 11) is 2.15. The molecule has 1 amide bonds. The van der Waals surface area contributed by atoms with Gasteiger partial charge < -0.3 is 22.6 Å². The molecule has 1 heterocycles. The molecule has 2 aromatic carbocycles. The number of rotatable bonds is 4. The summed E-state index contributed by atoms with van der Waals surface area (Å²) in [5.74, 6) is -0.801. The van der Waals surface area contributed by atoms with Gasteiger partial charge in [0.1, 0.15) is 5.82 Å². The quantitative estimate of drug-likeness (QED) is 0.830. The minimum absolute atomic E-state index is 0. The fourth-order valence-corrected chi connectivity index (χ4v) is 4.25. The van der Waals surface area contributed by atoms with Crippen molar-refractivity contribution < 1.29 is 23.0 Å². The molecular formula is C19H21Cl2FN2OS. The number of likely N-dealkylation sites (tertiary alicyclic amines) is 1. The third-order valence-electron chi connectivity index (χ3n) is 4.24. The molecule has 0 radical (unpaired) electrons. The second-order valence-corrected chi connectivity index (χ2v) is 8.01. The van der Waals surface area contributed by atoms with Crippen LogP contribution in [0.5, 0.6) is 0 Å². The minimum atomic E-state index is -0.460. The van der Waals surface area contributed by atoms with E-state index in [4.69, 9.17) is 11.6 Å². The van der Waals surface area contributed by atoms with Crippen LogP contribution in [0, 0.1) is 5.82 Å². The van der Waals surface area contributed by atoms with Crippen LogP contribution in [0.2, 0.25) is 5.02 Å². The van der Waals surface area contributed by atoms with E-state index in [2.05, 4.69) is 23.3 Å². The summed E-state index contributed by atoms with van der Waals surface area (Å²) in [6.45, 7) is 2.24. The number of hydrogen-bond donors (Lipinski definition) is 1. The van der Waals surface area contributed by atoms with E-state index in [0.717, 1.165) is 24.1 Å². The number of nitrogens with zero attached hydrogens (tertiary/aromatic N) is 1. The summed E-state index contributed by atoms with van der Waals surface area (Å²) in [6.07, 6.45) is 2.34. The Balaban J connectivity index is 0.00000182. The summed E-state index contributed by atoms with van der Waals surface area (Å²) in [5, 5.41) is 3.55. The molecule has 26 heavy (non-hydrogen) atoms.